The number of H-pyrrole nitrogens is 2. The van der Waals surface area contributed by atoms with Crippen LogP contribution in [-0.4, -0.2) is 15.2 Å². The molecule has 3 aromatic rings. The molecule has 0 amide bonds. The van der Waals surface area contributed by atoms with Crippen molar-refractivity contribution in [2.24, 2.45) is 5.73 Å². The molecule has 0 aliphatic heterocycles. The van der Waals surface area contributed by atoms with E-state index in [0.29, 0.717) is 6.54 Å². The molecule has 0 unspecified atom stereocenters. The highest BCUT2D eigenvalue weighted by molar-refractivity contribution is 9.10. The Labute approximate surface area is 106 Å². The van der Waals surface area contributed by atoms with Gasteiger partial charge in [0, 0.05) is 29.2 Å². The van der Waals surface area contributed by atoms with Crippen molar-refractivity contribution in [3.8, 4) is 11.3 Å². The molecule has 2 heterocycles. The molecule has 0 saturated carbocycles. The molecule has 4 nitrogen and oxygen atoms in total. The Kier molecular flexibility index (Phi) is 2.49. The second kappa shape index (κ2) is 4.01. The summed E-state index contributed by atoms with van der Waals surface area (Å²) in [5.74, 6) is 0. The second-order valence-corrected chi connectivity index (χ2v) is 4.61. The van der Waals surface area contributed by atoms with Gasteiger partial charge in [-0.1, -0.05) is 18.2 Å². The monoisotopic (exact) mass is 290 g/mol. The first kappa shape index (κ1) is 10.6. The molecule has 0 aliphatic carbocycles. The van der Waals surface area contributed by atoms with Crippen molar-refractivity contribution < 1.29 is 0 Å². The molecule has 0 fully saturated rings. The van der Waals surface area contributed by atoms with Gasteiger partial charge in [-0.15, -0.1) is 0 Å². The molecule has 5 heteroatoms. The van der Waals surface area contributed by atoms with Crippen LogP contribution in [-0.2, 0) is 6.54 Å². The van der Waals surface area contributed by atoms with Crippen LogP contribution < -0.4 is 5.73 Å². The lowest BCUT2D eigenvalue weighted by molar-refractivity contribution is 0.945. The lowest BCUT2D eigenvalue weighted by Gasteiger charge is -1.96. The minimum absolute atomic E-state index is 0.440. The maximum atomic E-state index is 5.62. The minimum Gasteiger partial charge on any atom is -0.360 e. The van der Waals surface area contributed by atoms with E-state index in [1.807, 2.05) is 24.4 Å². The average molecular weight is 291 g/mol. The van der Waals surface area contributed by atoms with Crippen LogP contribution in [0.25, 0.3) is 22.2 Å². The smallest absolute Gasteiger partial charge is 0.109 e. The zero-order valence-corrected chi connectivity index (χ0v) is 10.6. The number of aromatic amines is 2. The first-order valence-corrected chi connectivity index (χ1v) is 6.10. The predicted octanol–water partition coefficient (Wildman–Crippen LogP) is 2.78. The van der Waals surface area contributed by atoms with Gasteiger partial charge in [0.15, 0.2) is 0 Å². The van der Waals surface area contributed by atoms with Crippen molar-refractivity contribution in [1.82, 2.24) is 15.2 Å². The summed E-state index contributed by atoms with van der Waals surface area (Å²) in [5.41, 5.74) is 9.60. The van der Waals surface area contributed by atoms with Crippen LogP contribution >= 0.6 is 15.9 Å². The van der Waals surface area contributed by atoms with Gasteiger partial charge >= 0.3 is 0 Å². The third-order valence-electron chi connectivity index (χ3n) is 2.82. The van der Waals surface area contributed by atoms with Gasteiger partial charge in [-0.2, -0.15) is 5.10 Å². The van der Waals surface area contributed by atoms with E-state index in [2.05, 4.69) is 37.2 Å². The van der Waals surface area contributed by atoms with Crippen molar-refractivity contribution in [2.75, 3.05) is 0 Å². The number of hydrogen-bond donors (Lipinski definition) is 3. The first-order valence-electron chi connectivity index (χ1n) is 5.30. The summed E-state index contributed by atoms with van der Waals surface area (Å²) in [7, 11) is 0. The normalized spacial score (nSPS) is 11.2. The number of nitrogens with two attached hydrogens (primary N) is 1. The Morgan fingerprint density at radius 3 is 2.88 bits per heavy atom. The summed E-state index contributed by atoms with van der Waals surface area (Å²) in [4.78, 5) is 3.24. The zero-order valence-electron chi connectivity index (χ0n) is 9.00. The van der Waals surface area contributed by atoms with Crippen LogP contribution in [0.1, 0.15) is 5.69 Å². The van der Waals surface area contributed by atoms with Gasteiger partial charge in [-0.3, -0.25) is 5.10 Å². The van der Waals surface area contributed by atoms with Crippen molar-refractivity contribution in [3.63, 3.8) is 0 Å². The SMILES string of the molecule is NCc1[nH]nc(-c2c[nH]c3ccccc23)c1Br. The van der Waals surface area contributed by atoms with Crippen LogP contribution in [0.5, 0.6) is 0 Å². The number of para-hydroxylation sites is 1. The molecule has 0 spiro atoms. The molecule has 1 aromatic carbocycles. The second-order valence-electron chi connectivity index (χ2n) is 3.82. The van der Waals surface area contributed by atoms with Crippen molar-refractivity contribution in [3.05, 3.63) is 40.6 Å². The van der Waals surface area contributed by atoms with E-state index in [0.717, 1.165) is 32.3 Å². The van der Waals surface area contributed by atoms with Crippen molar-refractivity contribution in [1.29, 1.82) is 0 Å². The predicted molar refractivity (Wildman–Crippen MR) is 71.5 cm³/mol. The third-order valence-corrected chi connectivity index (χ3v) is 3.68. The van der Waals surface area contributed by atoms with E-state index in [1.165, 1.54) is 0 Å². The van der Waals surface area contributed by atoms with Gasteiger partial charge in [-0.25, -0.2) is 0 Å². The lowest BCUT2D eigenvalue weighted by Crippen LogP contribution is -1.96. The fourth-order valence-electron chi connectivity index (χ4n) is 1.95. The minimum atomic E-state index is 0.440. The Balaban J connectivity index is 2.24. The van der Waals surface area contributed by atoms with E-state index in [9.17, 15) is 0 Å². The number of benzene rings is 1. The van der Waals surface area contributed by atoms with E-state index in [-0.39, 0.29) is 0 Å². The number of hydrogen-bond acceptors (Lipinski definition) is 2. The molecule has 0 atom stereocenters. The number of nitrogens with one attached hydrogen (secondary N) is 2. The molecule has 17 heavy (non-hydrogen) atoms. The lowest BCUT2D eigenvalue weighted by atomic mass is 10.1. The standard InChI is InChI=1S/C12H11BrN4/c13-11-10(5-14)16-17-12(11)8-6-15-9-4-2-1-3-7(8)9/h1-4,6,15H,5,14H2,(H,16,17). The molecule has 3 rings (SSSR count). The molecule has 0 saturated heterocycles. The van der Waals surface area contributed by atoms with Crippen LogP contribution in [0.2, 0.25) is 0 Å². The summed E-state index contributed by atoms with van der Waals surface area (Å²) in [6, 6.07) is 8.14. The highest BCUT2D eigenvalue weighted by atomic mass is 79.9. The van der Waals surface area contributed by atoms with E-state index in [4.69, 9.17) is 5.73 Å². The van der Waals surface area contributed by atoms with Gasteiger partial charge in [0.25, 0.3) is 0 Å². The number of rotatable bonds is 2. The summed E-state index contributed by atoms with van der Waals surface area (Å²) < 4.78 is 0.935. The van der Waals surface area contributed by atoms with E-state index < -0.39 is 0 Å². The van der Waals surface area contributed by atoms with Crippen LogP contribution in [0.3, 0.4) is 0 Å². The first-order chi connectivity index (χ1) is 8.31. The Bertz CT molecular complexity index is 668. The molecule has 86 valence electrons. The van der Waals surface area contributed by atoms with Crippen molar-refractivity contribution >= 4 is 26.8 Å². The number of halogens is 1. The van der Waals surface area contributed by atoms with Crippen molar-refractivity contribution in [2.45, 2.75) is 6.54 Å². The Morgan fingerprint density at radius 1 is 1.29 bits per heavy atom. The summed E-state index contributed by atoms with van der Waals surface area (Å²) in [5, 5.41) is 8.40. The molecule has 0 radical (unpaired) electrons. The van der Waals surface area contributed by atoms with Gasteiger partial charge in [-0.05, 0) is 22.0 Å². The fraction of sp³-hybridized carbons (Fsp3) is 0.0833. The highest BCUT2D eigenvalue weighted by Crippen LogP contribution is 2.33. The fourth-order valence-corrected chi connectivity index (χ4v) is 2.50. The van der Waals surface area contributed by atoms with Crippen LogP contribution in [0.15, 0.2) is 34.9 Å². The molecular formula is C12H11BrN4. The molecule has 0 aliphatic rings. The summed E-state index contributed by atoms with van der Waals surface area (Å²) in [6.45, 7) is 0.440. The van der Waals surface area contributed by atoms with Gasteiger partial charge < -0.3 is 10.7 Å². The number of fused-ring (bicyclic) bond motifs is 1. The highest BCUT2D eigenvalue weighted by Gasteiger charge is 2.14. The topological polar surface area (TPSA) is 70.5 Å². The molecule has 0 bridgehead atoms. The molecule has 2 aromatic heterocycles. The van der Waals surface area contributed by atoms with Gasteiger partial charge in [0.1, 0.15) is 5.69 Å². The maximum absolute atomic E-state index is 5.62. The Morgan fingerprint density at radius 2 is 2.12 bits per heavy atom. The van der Waals surface area contributed by atoms with Crippen LogP contribution in [0, 0.1) is 0 Å². The van der Waals surface area contributed by atoms with E-state index in [1.54, 1.807) is 0 Å². The summed E-state index contributed by atoms with van der Waals surface area (Å²) >= 11 is 3.53. The largest absolute Gasteiger partial charge is 0.360 e. The Hall–Kier alpha value is -1.59. The number of nitrogens with zero attached hydrogens (tertiary/aromatic N) is 1. The maximum Gasteiger partial charge on any atom is 0.109 e. The molecular weight excluding hydrogens is 280 g/mol. The molecule has 4 N–H and O–H groups in total. The summed E-state index contributed by atoms with van der Waals surface area (Å²) in [6.07, 6.45) is 1.96. The van der Waals surface area contributed by atoms with E-state index >= 15 is 0 Å². The van der Waals surface area contributed by atoms with Gasteiger partial charge in [0.2, 0.25) is 0 Å². The van der Waals surface area contributed by atoms with Gasteiger partial charge in [0.05, 0.1) is 10.2 Å². The number of aromatic nitrogens is 3. The van der Waals surface area contributed by atoms with Crippen LogP contribution in [0.4, 0.5) is 0 Å². The third kappa shape index (κ3) is 1.59. The average Bonchev–Trinajstić information content (AvgIpc) is 2.92. The quantitative estimate of drug-likeness (QED) is 0.679. The zero-order chi connectivity index (χ0) is 11.8.